The van der Waals surface area contributed by atoms with Gasteiger partial charge in [0.25, 0.3) is 0 Å². The van der Waals surface area contributed by atoms with Gasteiger partial charge in [-0.25, -0.2) is 23.2 Å². The molecule has 0 aliphatic heterocycles. The van der Waals surface area contributed by atoms with Crippen molar-refractivity contribution < 1.29 is 33.5 Å². The van der Waals surface area contributed by atoms with Gasteiger partial charge in [0.1, 0.15) is 14.1 Å². The van der Waals surface area contributed by atoms with E-state index in [9.17, 15) is 0 Å². The number of halogens is 1. The van der Waals surface area contributed by atoms with Gasteiger partial charge in [0.2, 0.25) is 0 Å². The van der Waals surface area contributed by atoms with E-state index in [0.29, 0.717) is 0 Å². The summed E-state index contributed by atoms with van der Waals surface area (Å²) in [7, 11) is 11.6. The van der Waals surface area contributed by atoms with Gasteiger partial charge in [0.05, 0.1) is 0 Å². The van der Waals surface area contributed by atoms with Gasteiger partial charge in [-0.3, -0.25) is 0 Å². The SMILES string of the molecule is CN(C)c1ccc(C(=C/C=C/C(=C2C=CC(=[N+](C)C)C=C2)c2ccc(N(C)C)cc2)c2ccc(N(C)C)cc2)cc1.[O-][Cl+3]([O-])([O-])[O-]. The van der Waals surface area contributed by atoms with Gasteiger partial charge >= 0.3 is 0 Å². The number of benzene rings is 3. The highest BCUT2D eigenvalue weighted by Crippen LogP contribution is 2.29. The summed E-state index contributed by atoms with van der Waals surface area (Å²) in [5.41, 5.74) is 11.8. The number of hydrogen-bond acceptors (Lipinski definition) is 7. The largest absolute Gasteiger partial charge is 0.378 e. The number of nitrogens with zero attached hydrogens (tertiary/aromatic N) is 4. The summed E-state index contributed by atoms with van der Waals surface area (Å²) < 4.78 is 36.1. The lowest BCUT2D eigenvalue weighted by molar-refractivity contribution is -2.00. The van der Waals surface area contributed by atoms with E-state index in [1.807, 2.05) is 0 Å². The Hall–Kier alpha value is -4.44. The molecule has 0 unspecified atom stereocenters. The molecule has 8 nitrogen and oxygen atoms in total. The van der Waals surface area contributed by atoms with Gasteiger partial charge in [0.15, 0.2) is 5.71 Å². The minimum Gasteiger partial charge on any atom is -0.378 e. The first-order chi connectivity index (χ1) is 21.6. The maximum absolute atomic E-state index is 8.49. The first-order valence-corrected chi connectivity index (χ1v) is 15.9. The molecule has 4 rings (SSSR count). The van der Waals surface area contributed by atoms with E-state index in [2.05, 4.69) is 191 Å². The first kappa shape index (κ1) is 36.0. The average Bonchev–Trinajstić information content (AvgIpc) is 3.01. The molecule has 1 aliphatic carbocycles. The predicted molar refractivity (Wildman–Crippen MR) is 181 cm³/mol. The summed E-state index contributed by atoms with van der Waals surface area (Å²) in [6.07, 6.45) is 15.4. The second kappa shape index (κ2) is 16.2. The van der Waals surface area contributed by atoms with Crippen molar-refractivity contribution in [3.8, 4) is 0 Å². The lowest BCUT2D eigenvalue weighted by Gasteiger charge is -2.17. The minimum atomic E-state index is -4.94. The zero-order valence-electron chi connectivity index (χ0n) is 27.8. The van der Waals surface area contributed by atoms with Crippen molar-refractivity contribution in [3.05, 3.63) is 138 Å². The third-order valence-corrected chi connectivity index (χ3v) is 7.30. The lowest BCUT2D eigenvalue weighted by Crippen LogP contribution is -2.68. The molecule has 0 radical (unpaired) electrons. The van der Waals surface area contributed by atoms with Crippen LogP contribution in [0.4, 0.5) is 17.1 Å². The molecular weight excluding hydrogens is 600 g/mol. The Balaban J connectivity index is 0.00000107. The minimum absolute atomic E-state index is 1.18. The lowest BCUT2D eigenvalue weighted by atomic mass is 9.94. The van der Waals surface area contributed by atoms with Gasteiger partial charge in [-0.2, -0.15) is 0 Å². The van der Waals surface area contributed by atoms with Crippen molar-refractivity contribution >= 4 is 33.9 Å². The Morgan fingerprint density at radius 2 is 0.913 bits per heavy atom. The van der Waals surface area contributed by atoms with Crippen molar-refractivity contribution in [2.24, 2.45) is 0 Å². The third kappa shape index (κ3) is 10.9. The highest BCUT2D eigenvalue weighted by molar-refractivity contribution is 6.03. The standard InChI is InChI=1S/C37H43N4.ClHO4/c1-38(2)32-20-12-28(13-21-32)36(29-14-22-33(23-15-29)39(3)4)10-9-11-37(30-16-24-34(25-17-30)40(5)6)31-18-26-35(27-19-31)41(7)8;2-1(3,4)5/h9-27H,1-8H3;(H,2,3,4,5)/q+1;/p-1. The number of anilines is 3. The van der Waals surface area contributed by atoms with Crippen LogP contribution in [-0.4, -0.2) is 66.7 Å². The quantitative estimate of drug-likeness (QED) is 0.275. The molecule has 0 fully saturated rings. The van der Waals surface area contributed by atoms with E-state index in [-0.39, 0.29) is 0 Å². The van der Waals surface area contributed by atoms with E-state index in [0.717, 1.165) is 0 Å². The molecule has 9 heteroatoms. The summed E-state index contributed by atoms with van der Waals surface area (Å²) in [5.74, 6) is 0. The van der Waals surface area contributed by atoms with Crippen molar-refractivity contribution in [2.75, 3.05) is 71.1 Å². The second-order valence-corrected chi connectivity index (χ2v) is 12.3. The summed E-state index contributed by atoms with van der Waals surface area (Å²) in [5, 5.41) is 0. The molecule has 3 aromatic carbocycles. The van der Waals surface area contributed by atoms with Crippen molar-refractivity contribution in [2.45, 2.75) is 0 Å². The molecular formula is C37H43ClN4O4. The van der Waals surface area contributed by atoms with Crippen LogP contribution in [0.25, 0.3) is 11.1 Å². The zero-order valence-corrected chi connectivity index (χ0v) is 28.5. The van der Waals surface area contributed by atoms with Crippen molar-refractivity contribution in [3.63, 3.8) is 0 Å². The van der Waals surface area contributed by atoms with Crippen LogP contribution in [0.3, 0.4) is 0 Å². The summed E-state index contributed by atoms with van der Waals surface area (Å²) >= 11 is 0. The maximum Gasteiger partial charge on any atom is 0.199 e. The highest BCUT2D eigenvalue weighted by Gasteiger charge is 2.11. The molecule has 0 amide bonds. The fourth-order valence-electron chi connectivity index (χ4n) is 4.72. The van der Waals surface area contributed by atoms with Crippen LogP contribution in [0.5, 0.6) is 0 Å². The predicted octanol–water partition coefficient (Wildman–Crippen LogP) is 2.41. The molecule has 0 N–H and O–H groups in total. The smallest absolute Gasteiger partial charge is 0.199 e. The molecule has 0 heterocycles. The fourth-order valence-corrected chi connectivity index (χ4v) is 4.72. The Labute approximate surface area is 275 Å². The zero-order chi connectivity index (χ0) is 34.0. The van der Waals surface area contributed by atoms with Crippen molar-refractivity contribution in [1.29, 1.82) is 0 Å². The second-order valence-electron chi connectivity index (χ2n) is 11.5. The van der Waals surface area contributed by atoms with Gasteiger partial charge in [0, 0.05) is 71.5 Å². The summed E-state index contributed by atoms with van der Waals surface area (Å²) in [4.78, 5) is 6.38. The average molecular weight is 643 g/mol. The number of rotatable bonds is 8. The monoisotopic (exact) mass is 642 g/mol. The van der Waals surface area contributed by atoms with Crippen LogP contribution in [0.15, 0.2) is 121 Å². The van der Waals surface area contributed by atoms with Gasteiger partial charge in [-0.15, -0.1) is 10.2 Å². The third-order valence-electron chi connectivity index (χ3n) is 7.30. The van der Waals surface area contributed by atoms with Crippen LogP contribution in [-0.2, 0) is 0 Å². The van der Waals surface area contributed by atoms with Gasteiger partial charge in [-0.1, -0.05) is 54.6 Å². The summed E-state index contributed by atoms with van der Waals surface area (Å²) in [6, 6.07) is 26.3. The molecule has 0 aromatic heterocycles. The summed E-state index contributed by atoms with van der Waals surface area (Å²) in [6.45, 7) is 0. The highest BCUT2D eigenvalue weighted by atomic mass is 35.7. The first-order valence-electron chi connectivity index (χ1n) is 14.6. The van der Waals surface area contributed by atoms with Crippen LogP contribution < -0.4 is 33.3 Å². The van der Waals surface area contributed by atoms with Crippen LogP contribution >= 0.6 is 0 Å². The Morgan fingerprint density at radius 3 is 1.24 bits per heavy atom. The van der Waals surface area contributed by atoms with E-state index in [4.69, 9.17) is 18.6 Å². The van der Waals surface area contributed by atoms with Crippen LogP contribution in [0.1, 0.15) is 16.7 Å². The Bertz CT molecular complexity index is 1560. The van der Waals surface area contributed by atoms with E-state index in [1.54, 1.807) is 0 Å². The fraction of sp³-hybridized carbons (Fsp3) is 0.216. The van der Waals surface area contributed by atoms with E-state index in [1.165, 1.54) is 56.2 Å². The van der Waals surface area contributed by atoms with Crippen LogP contribution in [0, 0.1) is 10.2 Å². The molecule has 1 aliphatic rings. The normalized spacial score (nSPS) is 12.4. The maximum atomic E-state index is 8.49. The molecule has 46 heavy (non-hydrogen) atoms. The van der Waals surface area contributed by atoms with Gasteiger partial charge < -0.3 is 14.7 Å². The van der Waals surface area contributed by atoms with E-state index >= 15 is 0 Å². The van der Waals surface area contributed by atoms with E-state index < -0.39 is 10.2 Å². The molecule has 0 saturated heterocycles. The number of allylic oxidation sites excluding steroid dienone is 9. The number of hydrogen-bond donors (Lipinski definition) is 0. The topological polar surface area (TPSA) is 105 Å². The molecule has 3 aromatic rings. The van der Waals surface area contributed by atoms with Gasteiger partial charge in [-0.05, 0) is 82.0 Å². The Morgan fingerprint density at radius 1 is 0.565 bits per heavy atom. The van der Waals surface area contributed by atoms with Crippen LogP contribution in [0.2, 0.25) is 0 Å². The molecule has 0 bridgehead atoms. The molecule has 242 valence electrons. The molecule has 0 atom stereocenters. The molecule has 0 saturated carbocycles. The Kier molecular flexibility index (Phi) is 12.7. The van der Waals surface area contributed by atoms with Crippen molar-refractivity contribution in [1.82, 2.24) is 0 Å². The molecule has 0 spiro atoms.